The third kappa shape index (κ3) is 6.33. The number of ether oxygens (including phenoxy) is 3. The molecule has 1 saturated heterocycles. The van der Waals surface area contributed by atoms with Crippen molar-refractivity contribution in [2.75, 3.05) is 63.8 Å². The number of hydrogen-bond donors (Lipinski definition) is 1. The lowest BCUT2D eigenvalue weighted by Gasteiger charge is -2.31. The standard InChI is InChI=1S/C25H33N3O6S/c1-5-28(6-2)35(30,31)20-9-10-22(27-13-15-34-16-14-27)21(18-20)26-25(29)12-8-19-7-11-23(32-3)24(17-19)33-4/h7-12,17-18H,5-6,13-16H2,1-4H3,(H,26,29)/b12-8+. The molecule has 0 bridgehead atoms. The molecule has 0 aliphatic carbocycles. The van der Waals surface area contributed by atoms with Gasteiger partial charge < -0.3 is 24.4 Å². The second-order valence-corrected chi connectivity index (χ2v) is 9.74. The second kappa shape index (κ2) is 12.1. The van der Waals surface area contributed by atoms with E-state index in [9.17, 15) is 13.2 Å². The third-order valence-corrected chi connectivity index (χ3v) is 7.80. The maximum absolute atomic E-state index is 13.1. The number of nitrogens with zero attached hydrogens (tertiary/aromatic N) is 2. The Bertz CT molecular complexity index is 1160. The van der Waals surface area contributed by atoms with E-state index < -0.39 is 10.0 Å². The Morgan fingerprint density at radius 3 is 2.37 bits per heavy atom. The van der Waals surface area contributed by atoms with Gasteiger partial charge in [-0.25, -0.2) is 8.42 Å². The Morgan fingerprint density at radius 2 is 1.74 bits per heavy atom. The molecule has 1 aliphatic heterocycles. The first kappa shape index (κ1) is 26.5. The van der Waals surface area contributed by atoms with Gasteiger partial charge in [0, 0.05) is 32.3 Å². The smallest absolute Gasteiger partial charge is 0.248 e. The molecule has 0 spiro atoms. The summed E-state index contributed by atoms with van der Waals surface area (Å²) in [6.07, 6.45) is 3.05. The average molecular weight is 504 g/mol. The molecular weight excluding hydrogens is 470 g/mol. The zero-order chi connectivity index (χ0) is 25.4. The minimum absolute atomic E-state index is 0.136. The van der Waals surface area contributed by atoms with Gasteiger partial charge in [0.25, 0.3) is 0 Å². The lowest BCUT2D eigenvalue weighted by atomic mass is 10.2. The Balaban J connectivity index is 1.90. The largest absolute Gasteiger partial charge is 0.493 e. The molecule has 10 heteroatoms. The van der Waals surface area contributed by atoms with E-state index in [2.05, 4.69) is 10.2 Å². The minimum Gasteiger partial charge on any atom is -0.493 e. The highest BCUT2D eigenvalue weighted by Gasteiger charge is 2.24. The minimum atomic E-state index is -3.68. The van der Waals surface area contributed by atoms with Gasteiger partial charge in [-0.15, -0.1) is 0 Å². The zero-order valence-electron chi connectivity index (χ0n) is 20.6. The third-order valence-electron chi connectivity index (χ3n) is 5.76. The fourth-order valence-electron chi connectivity index (χ4n) is 3.87. The first-order valence-corrected chi connectivity index (χ1v) is 13.0. The van der Waals surface area contributed by atoms with Gasteiger partial charge in [0.15, 0.2) is 11.5 Å². The lowest BCUT2D eigenvalue weighted by Crippen LogP contribution is -2.37. The van der Waals surface area contributed by atoms with Crippen LogP contribution in [-0.2, 0) is 19.6 Å². The Hall–Kier alpha value is -3.08. The van der Waals surface area contributed by atoms with Crippen LogP contribution in [0.25, 0.3) is 6.08 Å². The van der Waals surface area contributed by atoms with Crippen molar-refractivity contribution in [1.82, 2.24) is 4.31 Å². The number of amides is 1. The fourth-order valence-corrected chi connectivity index (χ4v) is 5.36. The molecule has 0 saturated carbocycles. The highest BCUT2D eigenvalue weighted by atomic mass is 32.2. The quantitative estimate of drug-likeness (QED) is 0.497. The number of sulfonamides is 1. The Labute approximate surface area is 207 Å². The van der Waals surface area contributed by atoms with E-state index in [1.807, 2.05) is 6.07 Å². The van der Waals surface area contributed by atoms with Crippen LogP contribution in [0.15, 0.2) is 47.4 Å². The summed E-state index contributed by atoms with van der Waals surface area (Å²) < 4.78 is 43.6. The van der Waals surface area contributed by atoms with Crippen molar-refractivity contribution >= 4 is 33.4 Å². The normalized spacial score (nSPS) is 14.4. The van der Waals surface area contributed by atoms with Gasteiger partial charge in [-0.2, -0.15) is 4.31 Å². The van der Waals surface area contributed by atoms with Crippen molar-refractivity contribution in [3.8, 4) is 11.5 Å². The fraction of sp³-hybridized carbons (Fsp3) is 0.400. The van der Waals surface area contributed by atoms with Crippen molar-refractivity contribution in [3.05, 3.63) is 48.0 Å². The van der Waals surface area contributed by atoms with E-state index >= 15 is 0 Å². The summed E-state index contributed by atoms with van der Waals surface area (Å²) in [5.41, 5.74) is 1.94. The van der Waals surface area contributed by atoms with Crippen LogP contribution >= 0.6 is 0 Å². The van der Waals surface area contributed by atoms with Crippen molar-refractivity contribution in [2.45, 2.75) is 18.7 Å². The molecule has 0 aromatic heterocycles. The molecular formula is C25H33N3O6S. The van der Waals surface area contributed by atoms with Crippen LogP contribution in [-0.4, -0.2) is 72.2 Å². The summed E-state index contributed by atoms with van der Waals surface area (Å²) in [5, 5.41) is 2.87. The maximum atomic E-state index is 13.1. The lowest BCUT2D eigenvalue weighted by molar-refractivity contribution is -0.111. The number of methoxy groups -OCH3 is 2. The summed E-state index contributed by atoms with van der Waals surface area (Å²) in [5.74, 6) is 0.765. The van der Waals surface area contributed by atoms with Crippen molar-refractivity contribution in [1.29, 1.82) is 0 Å². The van der Waals surface area contributed by atoms with Crippen LogP contribution in [0.5, 0.6) is 11.5 Å². The first-order valence-electron chi connectivity index (χ1n) is 11.5. The molecule has 1 fully saturated rings. The number of hydrogen-bond acceptors (Lipinski definition) is 7. The van der Waals surface area contributed by atoms with Crippen molar-refractivity contribution < 1.29 is 27.4 Å². The highest BCUT2D eigenvalue weighted by Crippen LogP contribution is 2.31. The van der Waals surface area contributed by atoms with Crippen molar-refractivity contribution in [2.24, 2.45) is 0 Å². The monoisotopic (exact) mass is 503 g/mol. The second-order valence-electron chi connectivity index (χ2n) is 7.80. The van der Waals surface area contributed by atoms with E-state index in [1.54, 1.807) is 58.4 Å². The van der Waals surface area contributed by atoms with Gasteiger partial charge in [0.05, 0.1) is 43.7 Å². The van der Waals surface area contributed by atoms with Gasteiger partial charge in [0.2, 0.25) is 15.9 Å². The summed E-state index contributed by atoms with van der Waals surface area (Å²) in [6, 6.07) is 10.2. The number of benzene rings is 2. The van der Waals surface area contributed by atoms with Gasteiger partial charge >= 0.3 is 0 Å². The van der Waals surface area contributed by atoms with Crippen LogP contribution in [0.2, 0.25) is 0 Å². The molecule has 1 amide bonds. The van der Waals surface area contributed by atoms with E-state index in [-0.39, 0.29) is 10.8 Å². The zero-order valence-corrected chi connectivity index (χ0v) is 21.4. The molecule has 2 aromatic rings. The molecule has 0 radical (unpaired) electrons. The summed E-state index contributed by atoms with van der Waals surface area (Å²) >= 11 is 0. The van der Waals surface area contributed by atoms with Gasteiger partial charge in [-0.1, -0.05) is 19.9 Å². The molecule has 0 unspecified atom stereocenters. The predicted molar refractivity (Wildman–Crippen MR) is 137 cm³/mol. The maximum Gasteiger partial charge on any atom is 0.248 e. The molecule has 2 aromatic carbocycles. The molecule has 35 heavy (non-hydrogen) atoms. The summed E-state index contributed by atoms with van der Waals surface area (Å²) in [7, 11) is -0.578. The number of rotatable bonds is 10. The van der Waals surface area contributed by atoms with E-state index in [1.165, 1.54) is 16.4 Å². The van der Waals surface area contributed by atoms with Crippen LogP contribution in [0, 0.1) is 0 Å². The van der Waals surface area contributed by atoms with Crippen LogP contribution < -0.4 is 19.7 Å². The number of carbonyl (C=O) groups is 1. The molecule has 190 valence electrons. The average Bonchev–Trinajstić information content (AvgIpc) is 2.88. The van der Waals surface area contributed by atoms with E-state index in [0.29, 0.717) is 56.6 Å². The van der Waals surface area contributed by atoms with Crippen LogP contribution in [0.3, 0.4) is 0 Å². The molecule has 0 atom stereocenters. The highest BCUT2D eigenvalue weighted by molar-refractivity contribution is 7.89. The van der Waals surface area contributed by atoms with Gasteiger partial charge in [0.1, 0.15) is 0 Å². The number of nitrogens with one attached hydrogen (secondary N) is 1. The van der Waals surface area contributed by atoms with Gasteiger partial charge in [-0.05, 0) is 42.0 Å². The Morgan fingerprint density at radius 1 is 1.06 bits per heavy atom. The number of anilines is 2. The summed E-state index contributed by atoms with van der Waals surface area (Å²) in [4.78, 5) is 15.1. The molecule has 3 rings (SSSR count). The SMILES string of the molecule is CCN(CC)S(=O)(=O)c1ccc(N2CCOCC2)c(NC(=O)/C=C/c2ccc(OC)c(OC)c2)c1. The molecule has 9 nitrogen and oxygen atoms in total. The van der Waals surface area contributed by atoms with Crippen LogP contribution in [0.4, 0.5) is 11.4 Å². The number of carbonyl (C=O) groups excluding carboxylic acids is 1. The predicted octanol–water partition coefficient (Wildman–Crippen LogP) is 3.22. The summed E-state index contributed by atoms with van der Waals surface area (Å²) in [6.45, 7) is 6.73. The van der Waals surface area contributed by atoms with Crippen LogP contribution in [0.1, 0.15) is 19.4 Å². The molecule has 1 N–H and O–H groups in total. The Kier molecular flexibility index (Phi) is 9.13. The molecule has 1 heterocycles. The van der Waals surface area contributed by atoms with E-state index in [0.717, 1.165) is 11.3 Å². The topological polar surface area (TPSA) is 97.4 Å². The molecule has 1 aliphatic rings. The number of morpholine rings is 1. The van der Waals surface area contributed by atoms with Gasteiger partial charge in [-0.3, -0.25) is 4.79 Å². The first-order chi connectivity index (χ1) is 16.8. The van der Waals surface area contributed by atoms with E-state index in [4.69, 9.17) is 14.2 Å². The van der Waals surface area contributed by atoms with Crippen molar-refractivity contribution in [3.63, 3.8) is 0 Å².